The van der Waals surface area contributed by atoms with Crippen LogP contribution in [0.25, 0.3) is 0 Å². The minimum atomic E-state index is 0.355. The molecule has 2 rings (SSSR count). The third kappa shape index (κ3) is 1.89. The minimum Gasteiger partial charge on any atom is -0.399 e. The van der Waals surface area contributed by atoms with Crippen molar-refractivity contribution in [1.82, 2.24) is 0 Å². The quantitative estimate of drug-likeness (QED) is 0.722. The van der Waals surface area contributed by atoms with Crippen molar-refractivity contribution in [3.63, 3.8) is 0 Å². The Labute approximate surface area is 89.9 Å². The predicted octanol–water partition coefficient (Wildman–Crippen LogP) is 2.35. The zero-order valence-corrected chi connectivity index (χ0v) is 9.04. The van der Waals surface area contributed by atoms with E-state index < -0.39 is 0 Å². The molecule has 1 aromatic carbocycles. The number of hydrogen-bond acceptors (Lipinski definition) is 3. The number of nitrogen functional groups attached to an aromatic ring is 1. The molecule has 0 amide bonds. The zero-order valence-electron chi connectivity index (χ0n) is 9.04. The molecule has 0 aliphatic heterocycles. The molecule has 1 aromatic rings. The van der Waals surface area contributed by atoms with Crippen LogP contribution >= 0.6 is 0 Å². The van der Waals surface area contributed by atoms with Crippen molar-refractivity contribution in [3.8, 4) is 6.07 Å². The summed E-state index contributed by atoms with van der Waals surface area (Å²) in [6.45, 7) is 4.43. The fourth-order valence-corrected chi connectivity index (χ4v) is 1.68. The van der Waals surface area contributed by atoms with Gasteiger partial charge in [0.05, 0.1) is 11.3 Å². The molecule has 1 saturated carbocycles. The van der Waals surface area contributed by atoms with Crippen LogP contribution < -0.4 is 11.1 Å². The lowest BCUT2D eigenvalue weighted by Crippen LogP contribution is -2.09. The molecule has 0 radical (unpaired) electrons. The van der Waals surface area contributed by atoms with Crippen molar-refractivity contribution >= 4 is 11.4 Å². The van der Waals surface area contributed by atoms with Crippen LogP contribution in [0.4, 0.5) is 11.4 Å². The van der Waals surface area contributed by atoms with Gasteiger partial charge in [-0.2, -0.15) is 5.26 Å². The average Bonchev–Trinajstić information content (AvgIpc) is 2.77. The van der Waals surface area contributed by atoms with Crippen LogP contribution in [-0.4, -0.2) is 6.04 Å². The van der Waals surface area contributed by atoms with Crippen molar-refractivity contribution in [2.24, 2.45) is 5.41 Å². The van der Waals surface area contributed by atoms with Crippen molar-refractivity contribution < 1.29 is 0 Å². The molecule has 3 nitrogen and oxygen atoms in total. The maximum Gasteiger partial charge on any atom is 0.101 e. The summed E-state index contributed by atoms with van der Waals surface area (Å²) in [5, 5.41) is 12.3. The SMILES string of the molecule is CC1(C)CC1Nc1ccc(N)cc1C#N. The second-order valence-corrected chi connectivity index (χ2v) is 4.81. The number of rotatable bonds is 2. The van der Waals surface area contributed by atoms with Gasteiger partial charge >= 0.3 is 0 Å². The highest BCUT2D eigenvalue weighted by Crippen LogP contribution is 2.46. The molecule has 1 fully saturated rings. The van der Waals surface area contributed by atoms with Gasteiger partial charge in [-0.05, 0) is 30.0 Å². The van der Waals surface area contributed by atoms with Gasteiger partial charge in [-0.1, -0.05) is 13.8 Å². The number of nitrogens with two attached hydrogens (primary N) is 1. The van der Waals surface area contributed by atoms with Gasteiger partial charge in [-0.15, -0.1) is 0 Å². The Hall–Kier alpha value is -1.69. The van der Waals surface area contributed by atoms with Crippen LogP contribution in [0, 0.1) is 16.7 Å². The topological polar surface area (TPSA) is 61.8 Å². The molecule has 1 unspecified atom stereocenters. The largest absolute Gasteiger partial charge is 0.399 e. The van der Waals surface area contributed by atoms with E-state index in [0.717, 1.165) is 12.1 Å². The van der Waals surface area contributed by atoms with E-state index in [0.29, 0.717) is 22.7 Å². The van der Waals surface area contributed by atoms with E-state index in [2.05, 4.69) is 25.2 Å². The molecule has 0 aromatic heterocycles. The van der Waals surface area contributed by atoms with Gasteiger partial charge in [-0.25, -0.2) is 0 Å². The van der Waals surface area contributed by atoms with Crippen molar-refractivity contribution in [2.75, 3.05) is 11.1 Å². The van der Waals surface area contributed by atoms with E-state index in [1.807, 2.05) is 12.1 Å². The molecule has 0 spiro atoms. The van der Waals surface area contributed by atoms with Gasteiger partial charge in [0, 0.05) is 11.7 Å². The van der Waals surface area contributed by atoms with Crippen LogP contribution in [0.15, 0.2) is 18.2 Å². The molecule has 78 valence electrons. The third-order valence-electron chi connectivity index (χ3n) is 3.01. The Morgan fingerprint density at radius 2 is 2.20 bits per heavy atom. The van der Waals surface area contributed by atoms with Crippen molar-refractivity contribution in [2.45, 2.75) is 26.3 Å². The molecule has 15 heavy (non-hydrogen) atoms. The summed E-state index contributed by atoms with van der Waals surface area (Å²) in [6, 6.07) is 8.04. The summed E-state index contributed by atoms with van der Waals surface area (Å²) in [4.78, 5) is 0. The smallest absolute Gasteiger partial charge is 0.101 e. The normalized spacial score (nSPS) is 21.8. The monoisotopic (exact) mass is 201 g/mol. The van der Waals surface area contributed by atoms with E-state index in [1.54, 1.807) is 6.07 Å². The fraction of sp³-hybridized carbons (Fsp3) is 0.417. The van der Waals surface area contributed by atoms with Crippen LogP contribution in [0.2, 0.25) is 0 Å². The Morgan fingerprint density at radius 1 is 1.53 bits per heavy atom. The Bertz CT molecular complexity index is 429. The molecule has 3 N–H and O–H groups in total. The van der Waals surface area contributed by atoms with Gasteiger partial charge in [-0.3, -0.25) is 0 Å². The first kappa shape index (κ1) is 9.85. The lowest BCUT2D eigenvalue weighted by atomic mass is 10.1. The summed E-state index contributed by atoms with van der Waals surface area (Å²) < 4.78 is 0. The van der Waals surface area contributed by atoms with Crippen LogP contribution in [0.3, 0.4) is 0 Å². The second kappa shape index (κ2) is 3.16. The van der Waals surface area contributed by atoms with Crippen molar-refractivity contribution in [3.05, 3.63) is 23.8 Å². The average molecular weight is 201 g/mol. The first-order chi connectivity index (χ1) is 7.03. The summed E-state index contributed by atoms with van der Waals surface area (Å²) >= 11 is 0. The van der Waals surface area contributed by atoms with Gasteiger partial charge < -0.3 is 11.1 Å². The molecule has 1 atom stereocenters. The Balaban J connectivity index is 2.19. The molecule has 1 aliphatic carbocycles. The second-order valence-electron chi connectivity index (χ2n) is 4.81. The van der Waals surface area contributed by atoms with Gasteiger partial charge in [0.25, 0.3) is 0 Å². The van der Waals surface area contributed by atoms with Crippen molar-refractivity contribution in [1.29, 1.82) is 5.26 Å². The maximum atomic E-state index is 8.96. The first-order valence-electron chi connectivity index (χ1n) is 5.09. The van der Waals surface area contributed by atoms with Gasteiger partial charge in [0.1, 0.15) is 6.07 Å². The van der Waals surface area contributed by atoms with E-state index in [-0.39, 0.29) is 0 Å². The third-order valence-corrected chi connectivity index (χ3v) is 3.01. The molecule has 0 bridgehead atoms. The highest BCUT2D eigenvalue weighted by atomic mass is 15.0. The lowest BCUT2D eigenvalue weighted by Gasteiger charge is -2.10. The Kier molecular flexibility index (Phi) is 2.08. The molecule has 0 heterocycles. The number of nitriles is 1. The van der Waals surface area contributed by atoms with E-state index in [4.69, 9.17) is 11.0 Å². The highest BCUT2D eigenvalue weighted by molar-refractivity contribution is 5.63. The fourth-order valence-electron chi connectivity index (χ4n) is 1.68. The predicted molar refractivity (Wildman–Crippen MR) is 61.4 cm³/mol. The van der Waals surface area contributed by atoms with Crippen LogP contribution in [0.1, 0.15) is 25.8 Å². The Morgan fingerprint density at radius 3 is 2.73 bits per heavy atom. The van der Waals surface area contributed by atoms with E-state index in [9.17, 15) is 0 Å². The maximum absolute atomic E-state index is 8.96. The van der Waals surface area contributed by atoms with Crippen LogP contribution in [0.5, 0.6) is 0 Å². The molecule has 0 saturated heterocycles. The standard InChI is InChI=1S/C12H15N3/c1-12(2)6-11(12)15-10-4-3-9(14)5-8(10)7-13/h3-5,11,15H,6,14H2,1-2H3. The number of nitrogens with one attached hydrogen (secondary N) is 1. The molecule has 3 heteroatoms. The summed E-state index contributed by atoms with van der Waals surface area (Å²) in [5.74, 6) is 0. The number of nitrogens with zero attached hydrogens (tertiary/aromatic N) is 1. The molecular weight excluding hydrogens is 186 g/mol. The number of anilines is 2. The minimum absolute atomic E-state index is 0.355. The summed E-state index contributed by atoms with van der Waals surface area (Å²) in [7, 11) is 0. The molecule has 1 aliphatic rings. The van der Waals surface area contributed by atoms with E-state index >= 15 is 0 Å². The van der Waals surface area contributed by atoms with Gasteiger partial charge in [0.2, 0.25) is 0 Å². The highest BCUT2D eigenvalue weighted by Gasteiger charge is 2.45. The zero-order chi connectivity index (χ0) is 11.1. The number of hydrogen-bond donors (Lipinski definition) is 2. The summed E-state index contributed by atoms with van der Waals surface area (Å²) in [5.41, 5.74) is 8.12. The van der Waals surface area contributed by atoms with Crippen LogP contribution in [-0.2, 0) is 0 Å². The number of benzene rings is 1. The molecular formula is C12H15N3. The van der Waals surface area contributed by atoms with E-state index in [1.165, 1.54) is 0 Å². The summed E-state index contributed by atoms with van der Waals surface area (Å²) in [6.07, 6.45) is 1.16. The lowest BCUT2D eigenvalue weighted by molar-refractivity contribution is 0.630. The first-order valence-corrected chi connectivity index (χ1v) is 5.09. The van der Waals surface area contributed by atoms with Gasteiger partial charge in [0.15, 0.2) is 0 Å².